The van der Waals surface area contributed by atoms with E-state index < -0.39 is 23.8 Å². The molecule has 2 rings (SSSR count). The predicted molar refractivity (Wildman–Crippen MR) is 66.1 cm³/mol. The largest absolute Gasteiger partial charge is 0.481 e. The average Bonchev–Trinajstić information content (AvgIpc) is 2.27. The number of rotatable bonds is 2. The molecule has 4 nitrogen and oxygen atoms in total. The summed E-state index contributed by atoms with van der Waals surface area (Å²) in [4.78, 5) is 22.5. The highest BCUT2D eigenvalue weighted by Crippen LogP contribution is 2.49. The molecule has 100 valence electrons. The fraction of sp³-hybridized carbons (Fsp3) is 0.714. The van der Waals surface area contributed by atoms with Gasteiger partial charge in [-0.1, -0.05) is 25.0 Å². The molecule has 0 aliphatic heterocycles. The van der Waals surface area contributed by atoms with Gasteiger partial charge in [-0.25, -0.2) is 0 Å². The van der Waals surface area contributed by atoms with E-state index in [9.17, 15) is 19.8 Å². The van der Waals surface area contributed by atoms with Crippen molar-refractivity contribution in [3.05, 3.63) is 11.1 Å². The third kappa shape index (κ3) is 2.16. The predicted octanol–water partition coefficient (Wildman–Crippen LogP) is 2.69. The number of aliphatic carboxylic acids is 2. The number of hydrogen-bond donors (Lipinski definition) is 2. The molecule has 0 aromatic rings. The smallest absolute Gasteiger partial charge is 0.307 e. The minimum atomic E-state index is -0.977. The molecule has 0 amide bonds. The lowest BCUT2D eigenvalue weighted by Gasteiger charge is -2.41. The highest BCUT2D eigenvalue weighted by molar-refractivity contribution is 5.81. The van der Waals surface area contributed by atoms with Crippen LogP contribution in [0, 0.1) is 17.3 Å². The standard InChI is InChI=1S/C14H20O4/c1-14(2)5-3-4-8-6-9(12(15)16)10(13(17)18)7-11(8)14/h9-10H,3-7H2,1-2H3,(H,15,16)(H,17,18). The van der Waals surface area contributed by atoms with Crippen molar-refractivity contribution in [3.63, 3.8) is 0 Å². The molecule has 0 spiro atoms. The molecule has 0 saturated carbocycles. The maximum absolute atomic E-state index is 11.3. The lowest BCUT2D eigenvalue weighted by molar-refractivity contribution is -0.154. The van der Waals surface area contributed by atoms with Gasteiger partial charge in [-0.3, -0.25) is 9.59 Å². The summed E-state index contributed by atoms with van der Waals surface area (Å²) >= 11 is 0. The monoisotopic (exact) mass is 252 g/mol. The van der Waals surface area contributed by atoms with Gasteiger partial charge >= 0.3 is 11.9 Å². The number of carboxylic acids is 2. The highest BCUT2D eigenvalue weighted by Gasteiger charge is 2.43. The molecule has 0 fully saturated rings. The fourth-order valence-electron chi connectivity index (χ4n) is 3.46. The Kier molecular flexibility index (Phi) is 3.21. The third-order valence-corrected chi connectivity index (χ3v) is 4.53. The molecule has 0 aromatic heterocycles. The molecule has 2 aliphatic carbocycles. The Balaban J connectivity index is 2.37. The first-order valence-electron chi connectivity index (χ1n) is 6.50. The molecule has 0 heterocycles. The van der Waals surface area contributed by atoms with Crippen molar-refractivity contribution in [2.24, 2.45) is 17.3 Å². The molecule has 0 saturated heterocycles. The van der Waals surface area contributed by atoms with E-state index in [-0.39, 0.29) is 5.41 Å². The van der Waals surface area contributed by atoms with Crippen LogP contribution in [0.15, 0.2) is 11.1 Å². The van der Waals surface area contributed by atoms with E-state index in [2.05, 4.69) is 13.8 Å². The van der Waals surface area contributed by atoms with Gasteiger partial charge in [0, 0.05) is 0 Å². The van der Waals surface area contributed by atoms with E-state index in [1.807, 2.05) is 0 Å². The molecule has 2 unspecified atom stereocenters. The van der Waals surface area contributed by atoms with Crippen molar-refractivity contribution < 1.29 is 19.8 Å². The van der Waals surface area contributed by atoms with E-state index in [1.165, 1.54) is 11.1 Å². The molecule has 2 aliphatic rings. The lowest BCUT2D eigenvalue weighted by Crippen LogP contribution is -2.37. The van der Waals surface area contributed by atoms with Crippen molar-refractivity contribution in [2.45, 2.75) is 46.0 Å². The molecule has 18 heavy (non-hydrogen) atoms. The lowest BCUT2D eigenvalue weighted by atomic mass is 9.63. The second-order valence-electron chi connectivity index (χ2n) is 6.12. The summed E-state index contributed by atoms with van der Waals surface area (Å²) in [7, 11) is 0. The van der Waals surface area contributed by atoms with Gasteiger partial charge in [0.25, 0.3) is 0 Å². The Morgan fingerprint density at radius 2 is 1.67 bits per heavy atom. The van der Waals surface area contributed by atoms with Gasteiger partial charge in [0.1, 0.15) is 0 Å². The summed E-state index contributed by atoms with van der Waals surface area (Å²) in [6.07, 6.45) is 3.92. The van der Waals surface area contributed by atoms with E-state index in [0.717, 1.165) is 19.3 Å². The maximum Gasteiger partial charge on any atom is 0.307 e. The topological polar surface area (TPSA) is 74.6 Å². The molecular formula is C14H20O4. The Morgan fingerprint density at radius 3 is 2.22 bits per heavy atom. The Hall–Kier alpha value is -1.32. The minimum Gasteiger partial charge on any atom is -0.481 e. The first kappa shape index (κ1) is 13.1. The second kappa shape index (κ2) is 4.41. The molecule has 0 bridgehead atoms. The van der Waals surface area contributed by atoms with E-state index in [4.69, 9.17) is 0 Å². The van der Waals surface area contributed by atoms with Crippen LogP contribution < -0.4 is 0 Å². The summed E-state index contributed by atoms with van der Waals surface area (Å²) in [5, 5.41) is 18.4. The van der Waals surface area contributed by atoms with Gasteiger partial charge in [0.05, 0.1) is 11.8 Å². The fourth-order valence-corrected chi connectivity index (χ4v) is 3.46. The molecule has 2 atom stereocenters. The zero-order valence-corrected chi connectivity index (χ0v) is 10.9. The van der Waals surface area contributed by atoms with Crippen LogP contribution in [0.25, 0.3) is 0 Å². The van der Waals surface area contributed by atoms with Gasteiger partial charge in [0.15, 0.2) is 0 Å². The number of allylic oxidation sites excluding steroid dienone is 2. The first-order chi connectivity index (χ1) is 8.33. The molecule has 0 radical (unpaired) electrons. The minimum absolute atomic E-state index is 0.0325. The quantitative estimate of drug-likeness (QED) is 0.741. The summed E-state index contributed by atoms with van der Waals surface area (Å²) in [5.41, 5.74) is 2.44. The summed E-state index contributed by atoms with van der Waals surface area (Å²) in [6.45, 7) is 4.28. The van der Waals surface area contributed by atoms with Gasteiger partial charge < -0.3 is 10.2 Å². The highest BCUT2D eigenvalue weighted by atomic mass is 16.4. The second-order valence-corrected chi connectivity index (χ2v) is 6.12. The number of carboxylic acid groups (broad SMARTS) is 2. The zero-order valence-electron chi connectivity index (χ0n) is 10.9. The van der Waals surface area contributed by atoms with Crippen LogP contribution in [0.5, 0.6) is 0 Å². The normalized spacial score (nSPS) is 30.8. The molecule has 2 N–H and O–H groups in total. The Morgan fingerprint density at radius 1 is 1.11 bits per heavy atom. The summed E-state index contributed by atoms with van der Waals surface area (Å²) in [5.74, 6) is -3.47. The number of carbonyl (C=O) groups is 2. The average molecular weight is 252 g/mol. The first-order valence-corrected chi connectivity index (χ1v) is 6.50. The van der Waals surface area contributed by atoms with Crippen LogP contribution in [-0.2, 0) is 9.59 Å². The van der Waals surface area contributed by atoms with Crippen molar-refractivity contribution >= 4 is 11.9 Å². The van der Waals surface area contributed by atoms with Crippen LogP contribution >= 0.6 is 0 Å². The summed E-state index contributed by atoms with van der Waals surface area (Å²) < 4.78 is 0. The van der Waals surface area contributed by atoms with E-state index in [0.29, 0.717) is 12.8 Å². The van der Waals surface area contributed by atoms with Gasteiger partial charge in [-0.2, -0.15) is 0 Å². The van der Waals surface area contributed by atoms with Crippen LogP contribution in [0.1, 0.15) is 46.0 Å². The van der Waals surface area contributed by atoms with Crippen LogP contribution in [0.3, 0.4) is 0 Å². The van der Waals surface area contributed by atoms with E-state index >= 15 is 0 Å². The third-order valence-electron chi connectivity index (χ3n) is 4.53. The van der Waals surface area contributed by atoms with E-state index in [1.54, 1.807) is 0 Å². The van der Waals surface area contributed by atoms with Crippen molar-refractivity contribution in [3.8, 4) is 0 Å². The van der Waals surface area contributed by atoms with Gasteiger partial charge in [-0.15, -0.1) is 0 Å². The van der Waals surface area contributed by atoms with Crippen molar-refractivity contribution in [2.75, 3.05) is 0 Å². The van der Waals surface area contributed by atoms with Crippen LogP contribution in [-0.4, -0.2) is 22.2 Å². The summed E-state index contributed by atoms with van der Waals surface area (Å²) in [6, 6.07) is 0. The Labute approximate surface area is 107 Å². The van der Waals surface area contributed by atoms with Gasteiger partial charge in [0.2, 0.25) is 0 Å². The molecule has 0 aromatic carbocycles. The zero-order chi connectivity index (χ0) is 13.5. The van der Waals surface area contributed by atoms with Crippen LogP contribution in [0.2, 0.25) is 0 Å². The Bertz CT molecular complexity index is 420. The molecule has 4 heteroatoms. The van der Waals surface area contributed by atoms with Crippen LogP contribution in [0.4, 0.5) is 0 Å². The van der Waals surface area contributed by atoms with Crippen molar-refractivity contribution in [1.82, 2.24) is 0 Å². The number of hydrogen-bond acceptors (Lipinski definition) is 2. The van der Waals surface area contributed by atoms with Gasteiger partial charge in [-0.05, 0) is 37.5 Å². The molecular weight excluding hydrogens is 232 g/mol. The maximum atomic E-state index is 11.3. The van der Waals surface area contributed by atoms with Crippen molar-refractivity contribution in [1.29, 1.82) is 0 Å². The SMILES string of the molecule is CC1(C)CCCC2=C1CC(C(=O)O)C(C(=O)O)C2.